The fraction of sp³-hybridized carbons (Fsp3) is 0.857. The molecule has 8 unspecified atom stereocenters. The van der Waals surface area contributed by atoms with E-state index in [1.54, 1.807) is 0 Å². The highest BCUT2D eigenvalue weighted by Gasteiger charge is 2.44. The van der Waals surface area contributed by atoms with Gasteiger partial charge < -0.3 is 5.32 Å². The minimum Gasteiger partial charge on any atom is -0.313 e. The Morgan fingerprint density at radius 2 is 1.96 bits per heavy atom. The predicted octanol–water partition coefficient (Wildman–Crippen LogP) is 3.10. The van der Waals surface area contributed by atoms with Crippen LogP contribution in [-0.2, 0) is 0 Å². The Kier molecular flexibility index (Phi) is 5.90. The second-order valence-electron chi connectivity index (χ2n) is 8.88. The molecule has 0 radical (unpaired) electrons. The van der Waals surface area contributed by atoms with Crippen molar-refractivity contribution >= 4 is 11.6 Å². The molecule has 5 heteroatoms. The third kappa shape index (κ3) is 3.56. The third-order valence-electron chi connectivity index (χ3n) is 7.59. The lowest BCUT2D eigenvalue weighted by Gasteiger charge is -2.48. The summed E-state index contributed by atoms with van der Waals surface area (Å²) in [6.45, 7) is 7.04. The molecule has 3 heterocycles. The fourth-order valence-corrected chi connectivity index (χ4v) is 6.63. The minimum atomic E-state index is 0.0630. The van der Waals surface area contributed by atoms with Crippen LogP contribution in [0.1, 0.15) is 44.9 Å². The molecule has 4 fully saturated rings. The van der Waals surface area contributed by atoms with Gasteiger partial charge in [0.25, 0.3) is 0 Å². The van der Waals surface area contributed by atoms with E-state index >= 15 is 0 Å². The summed E-state index contributed by atoms with van der Waals surface area (Å²) < 4.78 is 0. The number of halogens is 1. The van der Waals surface area contributed by atoms with Crippen LogP contribution in [0.3, 0.4) is 0 Å². The summed E-state index contributed by atoms with van der Waals surface area (Å²) in [6.07, 6.45) is 11.2. The van der Waals surface area contributed by atoms with Crippen LogP contribution in [0.15, 0.2) is 12.7 Å². The first-order valence-electron chi connectivity index (χ1n) is 10.6. The van der Waals surface area contributed by atoms with Gasteiger partial charge in [0.05, 0.1) is 12.2 Å². The normalized spacial score (nSPS) is 47.1. The lowest BCUT2D eigenvalue weighted by molar-refractivity contribution is 0.0448. The minimum absolute atomic E-state index is 0.0630. The van der Waals surface area contributed by atoms with Crippen LogP contribution < -0.4 is 10.6 Å². The molecule has 0 spiro atoms. The van der Waals surface area contributed by atoms with Crippen molar-refractivity contribution in [2.45, 2.75) is 68.6 Å². The maximum atomic E-state index is 9.47. The summed E-state index contributed by atoms with van der Waals surface area (Å²) in [7, 11) is 0. The van der Waals surface area contributed by atoms with Gasteiger partial charge >= 0.3 is 0 Å². The highest BCUT2D eigenvalue weighted by Crippen LogP contribution is 2.42. The van der Waals surface area contributed by atoms with E-state index in [9.17, 15) is 5.26 Å². The molecule has 0 aromatic heterocycles. The van der Waals surface area contributed by atoms with Crippen LogP contribution in [0.25, 0.3) is 0 Å². The van der Waals surface area contributed by atoms with Crippen molar-refractivity contribution in [3.8, 4) is 6.07 Å². The zero-order valence-corrected chi connectivity index (χ0v) is 16.5. The molecule has 4 rings (SSSR count). The smallest absolute Gasteiger partial charge is 0.112 e. The monoisotopic (exact) mass is 376 g/mol. The SMILES string of the molecule is C=CC1CCC(C2NCCCC2C2CCC3NCC(C#N)N3C2)CC1Cl. The number of nitrogens with zero attached hydrogens (tertiary/aromatic N) is 2. The fourth-order valence-electron chi connectivity index (χ4n) is 6.17. The average molecular weight is 377 g/mol. The van der Waals surface area contributed by atoms with Gasteiger partial charge in [0, 0.05) is 24.5 Å². The summed E-state index contributed by atoms with van der Waals surface area (Å²) >= 11 is 6.69. The van der Waals surface area contributed by atoms with E-state index in [4.69, 9.17) is 11.6 Å². The largest absolute Gasteiger partial charge is 0.313 e. The van der Waals surface area contributed by atoms with Gasteiger partial charge in [-0.3, -0.25) is 10.2 Å². The van der Waals surface area contributed by atoms with Crippen molar-refractivity contribution in [1.82, 2.24) is 15.5 Å². The number of allylic oxidation sites excluding steroid dienone is 1. The van der Waals surface area contributed by atoms with Crippen molar-refractivity contribution < 1.29 is 0 Å². The predicted molar refractivity (Wildman–Crippen MR) is 106 cm³/mol. The Balaban J connectivity index is 1.44. The van der Waals surface area contributed by atoms with Gasteiger partial charge in [-0.1, -0.05) is 6.08 Å². The number of piperidine rings is 2. The first-order valence-corrected chi connectivity index (χ1v) is 11.0. The van der Waals surface area contributed by atoms with Crippen LogP contribution in [-0.4, -0.2) is 48.2 Å². The van der Waals surface area contributed by atoms with E-state index in [2.05, 4.69) is 34.3 Å². The molecule has 144 valence electrons. The Bertz CT molecular complexity index is 547. The molecule has 3 saturated heterocycles. The quantitative estimate of drug-likeness (QED) is 0.587. The van der Waals surface area contributed by atoms with Crippen molar-refractivity contribution in [2.24, 2.45) is 23.7 Å². The summed E-state index contributed by atoms with van der Waals surface area (Å²) in [4.78, 5) is 2.44. The molecule has 8 atom stereocenters. The number of fused-ring (bicyclic) bond motifs is 1. The molecule has 4 nitrogen and oxygen atoms in total. The van der Waals surface area contributed by atoms with E-state index in [1.807, 2.05) is 0 Å². The Labute approximate surface area is 163 Å². The highest BCUT2D eigenvalue weighted by atomic mass is 35.5. The van der Waals surface area contributed by atoms with E-state index in [0.717, 1.165) is 32.0 Å². The summed E-state index contributed by atoms with van der Waals surface area (Å²) in [5, 5.41) is 17.1. The second kappa shape index (κ2) is 8.19. The van der Waals surface area contributed by atoms with Gasteiger partial charge in [0.1, 0.15) is 6.04 Å². The molecular weight excluding hydrogens is 344 g/mol. The van der Waals surface area contributed by atoms with Gasteiger partial charge in [-0.25, -0.2) is 0 Å². The Morgan fingerprint density at radius 1 is 1.12 bits per heavy atom. The maximum absolute atomic E-state index is 9.47. The van der Waals surface area contributed by atoms with Crippen molar-refractivity contribution in [3.05, 3.63) is 12.7 Å². The Morgan fingerprint density at radius 3 is 2.73 bits per heavy atom. The van der Waals surface area contributed by atoms with E-state index in [0.29, 0.717) is 30.0 Å². The molecular formula is C21H33ClN4. The highest BCUT2D eigenvalue weighted by molar-refractivity contribution is 6.21. The number of hydrogen-bond donors (Lipinski definition) is 2. The lowest BCUT2D eigenvalue weighted by atomic mass is 9.68. The van der Waals surface area contributed by atoms with Crippen LogP contribution in [0.4, 0.5) is 0 Å². The standard InChI is InChI=1S/C21H33ClN4/c1-2-14-5-6-15(10-19(14)22)21-18(4-3-9-24-21)16-7-8-20-25-12-17(11-23)26(20)13-16/h2,14-21,24-25H,1,3-10,12-13H2. The van der Waals surface area contributed by atoms with E-state index in [1.165, 1.54) is 38.5 Å². The first kappa shape index (κ1) is 18.7. The van der Waals surface area contributed by atoms with Gasteiger partial charge in [-0.15, -0.1) is 18.2 Å². The number of hydrogen-bond acceptors (Lipinski definition) is 4. The summed E-state index contributed by atoms with van der Waals surface area (Å²) in [5.41, 5.74) is 0. The summed E-state index contributed by atoms with van der Waals surface area (Å²) in [5.74, 6) is 2.63. The number of nitrogens with one attached hydrogen (secondary N) is 2. The van der Waals surface area contributed by atoms with Crippen LogP contribution >= 0.6 is 11.6 Å². The Hall–Kier alpha value is -0.600. The van der Waals surface area contributed by atoms with Crippen molar-refractivity contribution in [3.63, 3.8) is 0 Å². The van der Waals surface area contributed by atoms with Crippen molar-refractivity contribution in [1.29, 1.82) is 5.26 Å². The van der Waals surface area contributed by atoms with Crippen LogP contribution in [0.5, 0.6) is 0 Å². The third-order valence-corrected chi connectivity index (χ3v) is 8.09. The van der Waals surface area contributed by atoms with Gasteiger partial charge in [-0.05, 0) is 75.2 Å². The maximum Gasteiger partial charge on any atom is 0.112 e. The average Bonchev–Trinajstić information content (AvgIpc) is 3.10. The zero-order chi connectivity index (χ0) is 18.1. The summed E-state index contributed by atoms with van der Waals surface area (Å²) in [6, 6.07) is 3.17. The second-order valence-corrected chi connectivity index (χ2v) is 9.44. The molecule has 2 N–H and O–H groups in total. The molecule has 3 aliphatic heterocycles. The van der Waals surface area contributed by atoms with E-state index in [-0.39, 0.29) is 11.4 Å². The van der Waals surface area contributed by atoms with Gasteiger partial charge in [-0.2, -0.15) is 5.26 Å². The lowest BCUT2D eigenvalue weighted by Crippen LogP contribution is -2.55. The molecule has 0 amide bonds. The first-order chi connectivity index (χ1) is 12.7. The molecule has 4 aliphatic rings. The molecule has 1 aliphatic carbocycles. The van der Waals surface area contributed by atoms with Gasteiger partial charge in [0.15, 0.2) is 0 Å². The van der Waals surface area contributed by atoms with Crippen LogP contribution in [0.2, 0.25) is 0 Å². The number of alkyl halides is 1. The van der Waals surface area contributed by atoms with Gasteiger partial charge in [0.2, 0.25) is 0 Å². The molecule has 0 aromatic rings. The zero-order valence-electron chi connectivity index (χ0n) is 15.7. The molecule has 0 aromatic carbocycles. The topological polar surface area (TPSA) is 51.1 Å². The number of rotatable bonds is 3. The molecule has 0 bridgehead atoms. The molecule has 26 heavy (non-hydrogen) atoms. The van der Waals surface area contributed by atoms with Crippen LogP contribution in [0, 0.1) is 35.0 Å². The molecule has 1 saturated carbocycles. The number of nitriles is 1. The van der Waals surface area contributed by atoms with E-state index < -0.39 is 0 Å². The van der Waals surface area contributed by atoms with Crippen molar-refractivity contribution in [2.75, 3.05) is 19.6 Å².